The number of amides is 1. The fourth-order valence-corrected chi connectivity index (χ4v) is 1.49. The number of nitrogens with zero attached hydrogens (tertiary/aromatic N) is 2. The molecule has 1 aromatic heterocycles. The highest BCUT2D eigenvalue weighted by Crippen LogP contribution is 2.13. The van der Waals surface area contributed by atoms with Crippen molar-refractivity contribution in [2.24, 2.45) is 5.92 Å². The zero-order valence-electron chi connectivity index (χ0n) is 10.7. The van der Waals surface area contributed by atoms with Gasteiger partial charge in [-0.05, 0) is 18.8 Å². The summed E-state index contributed by atoms with van der Waals surface area (Å²) >= 11 is 5.94. The summed E-state index contributed by atoms with van der Waals surface area (Å²) in [4.78, 5) is 11.7. The SMILES string of the molecule is CC(C)[C@@H](Cl)C(=O)Nc1cnn(CCCCF)c1. The molecular formula is C12H19ClFN3O. The molecule has 1 N–H and O–H groups in total. The van der Waals surface area contributed by atoms with Crippen LogP contribution in [0, 0.1) is 5.92 Å². The van der Waals surface area contributed by atoms with Gasteiger partial charge in [-0.3, -0.25) is 13.9 Å². The number of anilines is 1. The van der Waals surface area contributed by atoms with Crippen LogP contribution in [0.1, 0.15) is 26.7 Å². The van der Waals surface area contributed by atoms with Crippen molar-refractivity contribution >= 4 is 23.2 Å². The molecule has 4 nitrogen and oxygen atoms in total. The van der Waals surface area contributed by atoms with Crippen molar-refractivity contribution in [3.8, 4) is 0 Å². The molecule has 0 bridgehead atoms. The van der Waals surface area contributed by atoms with E-state index in [9.17, 15) is 9.18 Å². The molecule has 102 valence electrons. The molecule has 1 atom stereocenters. The Labute approximate surface area is 112 Å². The van der Waals surface area contributed by atoms with Gasteiger partial charge in [0.2, 0.25) is 5.91 Å². The quantitative estimate of drug-likeness (QED) is 0.614. The van der Waals surface area contributed by atoms with Crippen LogP contribution in [-0.2, 0) is 11.3 Å². The third kappa shape index (κ3) is 4.64. The average molecular weight is 276 g/mol. The molecule has 0 saturated carbocycles. The van der Waals surface area contributed by atoms with Gasteiger partial charge in [0.15, 0.2) is 0 Å². The van der Waals surface area contributed by atoms with Gasteiger partial charge in [-0.15, -0.1) is 11.6 Å². The van der Waals surface area contributed by atoms with Crippen molar-refractivity contribution in [3.05, 3.63) is 12.4 Å². The molecule has 1 heterocycles. The number of carbonyl (C=O) groups is 1. The lowest BCUT2D eigenvalue weighted by molar-refractivity contribution is -0.116. The molecular weight excluding hydrogens is 257 g/mol. The first-order chi connectivity index (χ1) is 8.54. The maximum atomic E-state index is 11.9. The lowest BCUT2D eigenvalue weighted by Gasteiger charge is -2.11. The van der Waals surface area contributed by atoms with Gasteiger partial charge >= 0.3 is 0 Å². The molecule has 0 aliphatic carbocycles. The molecule has 0 aliphatic heterocycles. The van der Waals surface area contributed by atoms with Gasteiger partial charge in [0, 0.05) is 12.7 Å². The summed E-state index contributed by atoms with van der Waals surface area (Å²) in [5.41, 5.74) is 0.617. The van der Waals surface area contributed by atoms with E-state index in [1.54, 1.807) is 17.1 Å². The molecule has 6 heteroatoms. The third-order valence-electron chi connectivity index (χ3n) is 2.51. The molecule has 0 fully saturated rings. The first-order valence-corrected chi connectivity index (χ1v) is 6.51. The standard InChI is InChI=1S/C12H19ClFN3O/c1-9(2)11(13)12(18)16-10-7-15-17(8-10)6-4-3-5-14/h7-9,11H,3-6H2,1-2H3,(H,16,18)/t11-/m1/s1. The zero-order valence-corrected chi connectivity index (χ0v) is 11.5. The fraction of sp³-hybridized carbons (Fsp3) is 0.667. The maximum Gasteiger partial charge on any atom is 0.242 e. The molecule has 0 radical (unpaired) electrons. The lowest BCUT2D eigenvalue weighted by Crippen LogP contribution is -2.27. The number of nitrogens with one attached hydrogen (secondary N) is 1. The van der Waals surface area contributed by atoms with E-state index in [1.165, 1.54) is 0 Å². The Balaban J connectivity index is 2.46. The minimum Gasteiger partial charge on any atom is -0.322 e. The van der Waals surface area contributed by atoms with Crippen LogP contribution in [0.15, 0.2) is 12.4 Å². The van der Waals surface area contributed by atoms with Crippen molar-refractivity contribution in [1.29, 1.82) is 0 Å². The number of rotatable bonds is 7. The van der Waals surface area contributed by atoms with E-state index in [1.807, 2.05) is 13.8 Å². The number of carbonyl (C=O) groups excluding carboxylic acids is 1. The van der Waals surface area contributed by atoms with E-state index in [2.05, 4.69) is 10.4 Å². The maximum absolute atomic E-state index is 11.9. The Morgan fingerprint density at radius 3 is 2.89 bits per heavy atom. The molecule has 18 heavy (non-hydrogen) atoms. The van der Waals surface area contributed by atoms with Crippen LogP contribution < -0.4 is 5.32 Å². The second kappa shape index (κ2) is 7.36. The van der Waals surface area contributed by atoms with Gasteiger partial charge in [0.05, 0.1) is 18.6 Å². The van der Waals surface area contributed by atoms with Crippen LogP contribution in [0.25, 0.3) is 0 Å². The minimum atomic E-state index is -0.556. The van der Waals surface area contributed by atoms with Gasteiger partial charge < -0.3 is 5.32 Å². The summed E-state index contributed by atoms with van der Waals surface area (Å²) in [5, 5.41) is 6.23. The molecule has 0 spiro atoms. The number of halogens is 2. The van der Waals surface area contributed by atoms with Gasteiger partial charge in [0.1, 0.15) is 5.38 Å². The summed E-state index contributed by atoms with van der Waals surface area (Å²) in [6.07, 6.45) is 4.55. The van der Waals surface area contributed by atoms with Gasteiger partial charge in [0.25, 0.3) is 0 Å². The van der Waals surface area contributed by atoms with E-state index in [0.29, 0.717) is 18.7 Å². The third-order valence-corrected chi connectivity index (χ3v) is 3.21. The van der Waals surface area contributed by atoms with Crippen molar-refractivity contribution in [1.82, 2.24) is 9.78 Å². The molecule has 1 rings (SSSR count). The van der Waals surface area contributed by atoms with Gasteiger partial charge in [-0.1, -0.05) is 13.8 Å². The monoisotopic (exact) mass is 275 g/mol. The van der Waals surface area contributed by atoms with Gasteiger partial charge in [-0.2, -0.15) is 5.10 Å². The lowest BCUT2D eigenvalue weighted by atomic mass is 10.1. The van der Waals surface area contributed by atoms with Crippen LogP contribution >= 0.6 is 11.6 Å². The molecule has 0 saturated heterocycles. The van der Waals surface area contributed by atoms with Crippen molar-refractivity contribution in [2.45, 2.75) is 38.6 Å². The van der Waals surface area contributed by atoms with Crippen molar-refractivity contribution in [2.75, 3.05) is 12.0 Å². The number of aromatic nitrogens is 2. The molecule has 0 unspecified atom stereocenters. The minimum absolute atomic E-state index is 0.0752. The van der Waals surface area contributed by atoms with E-state index < -0.39 is 5.38 Å². The molecule has 1 amide bonds. The number of hydrogen-bond donors (Lipinski definition) is 1. The van der Waals surface area contributed by atoms with E-state index in [0.717, 1.165) is 6.42 Å². The summed E-state index contributed by atoms with van der Waals surface area (Å²) < 4.78 is 13.6. The largest absolute Gasteiger partial charge is 0.322 e. The van der Waals surface area contributed by atoms with E-state index >= 15 is 0 Å². The van der Waals surface area contributed by atoms with Crippen molar-refractivity contribution < 1.29 is 9.18 Å². The average Bonchev–Trinajstić information content (AvgIpc) is 2.76. The Hall–Kier alpha value is -1.10. The summed E-state index contributed by atoms with van der Waals surface area (Å²) in [6, 6.07) is 0. The molecule has 1 aromatic rings. The number of aryl methyl sites for hydroxylation is 1. The highest BCUT2D eigenvalue weighted by molar-refractivity contribution is 6.32. The summed E-state index contributed by atoms with van der Waals surface area (Å²) in [6.45, 7) is 4.11. The Bertz CT molecular complexity index is 381. The first kappa shape index (κ1) is 15.0. The van der Waals surface area contributed by atoms with Gasteiger partial charge in [-0.25, -0.2) is 0 Å². The normalized spacial score (nSPS) is 12.7. The predicted octanol–water partition coefficient (Wildman–Crippen LogP) is 2.83. The molecule has 0 aliphatic rings. The number of unbranched alkanes of at least 4 members (excludes halogenated alkanes) is 1. The topological polar surface area (TPSA) is 46.9 Å². The van der Waals surface area contributed by atoms with Crippen LogP contribution in [-0.4, -0.2) is 27.7 Å². The second-order valence-electron chi connectivity index (χ2n) is 4.52. The highest BCUT2D eigenvalue weighted by atomic mass is 35.5. The Morgan fingerprint density at radius 1 is 1.56 bits per heavy atom. The van der Waals surface area contributed by atoms with Crippen molar-refractivity contribution in [3.63, 3.8) is 0 Å². The smallest absolute Gasteiger partial charge is 0.242 e. The Kier molecular flexibility index (Phi) is 6.12. The van der Waals surface area contributed by atoms with Crippen LogP contribution in [0.5, 0.6) is 0 Å². The first-order valence-electron chi connectivity index (χ1n) is 6.08. The molecule has 0 aromatic carbocycles. The Morgan fingerprint density at radius 2 is 2.28 bits per heavy atom. The van der Waals surface area contributed by atoms with Crippen LogP contribution in [0.2, 0.25) is 0 Å². The fourth-order valence-electron chi connectivity index (χ4n) is 1.43. The van der Waals surface area contributed by atoms with E-state index in [-0.39, 0.29) is 18.5 Å². The predicted molar refractivity (Wildman–Crippen MR) is 70.5 cm³/mol. The second-order valence-corrected chi connectivity index (χ2v) is 4.99. The summed E-state index contributed by atoms with van der Waals surface area (Å²) in [5.74, 6) is -0.152. The highest BCUT2D eigenvalue weighted by Gasteiger charge is 2.19. The number of alkyl halides is 2. The van der Waals surface area contributed by atoms with Crippen LogP contribution in [0.3, 0.4) is 0 Å². The summed E-state index contributed by atoms with van der Waals surface area (Å²) in [7, 11) is 0. The number of hydrogen-bond acceptors (Lipinski definition) is 2. The zero-order chi connectivity index (χ0) is 13.5. The van der Waals surface area contributed by atoms with E-state index in [4.69, 9.17) is 11.6 Å². The van der Waals surface area contributed by atoms with Crippen LogP contribution in [0.4, 0.5) is 10.1 Å².